The summed E-state index contributed by atoms with van der Waals surface area (Å²) in [6.45, 7) is 5.40. The molecule has 0 radical (unpaired) electrons. The van der Waals surface area contributed by atoms with Crippen LogP contribution in [0, 0.1) is 5.92 Å². The fourth-order valence-corrected chi connectivity index (χ4v) is 4.99. The third kappa shape index (κ3) is 3.90. The number of benzene rings is 1. The van der Waals surface area contributed by atoms with Gasteiger partial charge in [0.1, 0.15) is 11.9 Å². The second-order valence-corrected chi connectivity index (χ2v) is 8.39. The van der Waals surface area contributed by atoms with E-state index in [1.165, 1.54) is 44.1 Å². The van der Waals surface area contributed by atoms with Gasteiger partial charge >= 0.3 is 0 Å². The van der Waals surface area contributed by atoms with Gasteiger partial charge in [0, 0.05) is 31.2 Å². The highest BCUT2D eigenvalue weighted by Crippen LogP contribution is 2.35. The molecule has 2 aliphatic heterocycles. The van der Waals surface area contributed by atoms with Gasteiger partial charge in [-0.1, -0.05) is 38.0 Å². The first-order valence-electron chi connectivity index (χ1n) is 10.5. The van der Waals surface area contributed by atoms with Crippen LogP contribution in [0.3, 0.4) is 0 Å². The molecule has 4 rings (SSSR count). The summed E-state index contributed by atoms with van der Waals surface area (Å²) in [7, 11) is 0. The minimum absolute atomic E-state index is 0.184. The van der Waals surface area contributed by atoms with Crippen LogP contribution >= 0.6 is 0 Å². The first-order chi connectivity index (χ1) is 12.7. The lowest BCUT2D eigenvalue weighted by molar-refractivity contribution is -0.133. The Bertz CT molecular complexity index is 632. The second kappa shape index (κ2) is 7.99. The molecule has 1 aromatic rings. The van der Waals surface area contributed by atoms with Crippen LogP contribution in [0.4, 0.5) is 0 Å². The number of para-hydroxylation sites is 1. The van der Waals surface area contributed by atoms with E-state index in [1.54, 1.807) is 0 Å². The number of amides is 1. The Morgan fingerprint density at radius 2 is 2.12 bits per heavy atom. The van der Waals surface area contributed by atoms with Crippen LogP contribution in [0.15, 0.2) is 24.3 Å². The minimum Gasteiger partial charge on any atom is -0.489 e. The van der Waals surface area contributed by atoms with Crippen molar-refractivity contribution in [2.75, 3.05) is 19.6 Å². The SMILES string of the molecule is CCCCC1CN(CC(=O)N2CC3CCCC2C3)Cc2ccccc2O1. The Balaban J connectivity index is 1.45. The molecular formula is C22H32N2O2. The van der Waals surface area contributed by atoms with Gasteiger partial charge in [-0.2, -0.15) is 0 Å². The molecule has 1 saturated carbocycles. The van der Waals surface area contributed by atoms with Gasteiger partial charge in [-0.3, -0.25) is 9.69 Å². The molecule has 1 aromatic carbocycles. The van der Waals surface area contributed by atoms with Gasteiger partial charge in [0.2, 0.25) is 5.91 Å². The maximum atomic E-state index is 13.0. The second-order valence-electron chi connectivity index (χ2n) is 8.39. The molecule has 3 atom stereocenters. The molecule has 1 amide bonds. The van der Waals surface area contributed by atoms with E-state index < -0.39 is 0 Å². The summed E-state index contributed by atoms with van der Waals surface area (Å²) in [5.74, 6) is 2.08. The lowest BCUT2D eigenvalue weighted by Gasteiger charge is -2.29. The number of hydrogen-bond donors (Lipinski definition) is 0. The normalized spacial score (nSPS) is 28.3. The highest BCUT2D eigenvalue weighted by molar-refractivity contribution is 5.79. The van der Waals surface area contributed by atoms with Gasteiger partial charge in [0.25, 0.3) is 0 Å². The number of carbonyl (C=O) groups excluding carboxylic acids is 1. The molecule has 26 heavy (non-hydrogen) atoms. The Morgan fingerprint density at radius 1 is 1.23 bits per heavy atom. The van der Waals surface area contributed by atoms with Gasteiger partial charge in [-0.25, -0.2) is 0 Å². The predicted molar refractivity (Wildman–Crippen MR) is 103 cm³/mol. The van der Waals surface area contributed by atoms with Gasteiger partial charge in [-0.15, -0.1) is 0 Å². The highest BCUT2D eigenvalue weighted by Gasteiger charge is 2.38. The van der Waals surface area contributed by atoms with Gasteiger partial charge in [-0.05, 0) is 44.1 Å². The number of nitrogens with zero attached hydrogens (tertiary/aromatic N) is 2. The summed E-state index contributed by atoms with van der Waals surface area (Å²) in [6, 6.07) is 8.83. The maximum absolute atomic E-state index is 13.0. The molecule has 0 spiro atoms. The average Bonchev–Trinajstić information content (AvgIpc) is 2.83. The molecule has 3 unspecified atom stereocenters. The third-order valence-electron chi connectivity index (χ3n) is 6.33. The van der Waals surface area contributed by atoms with Gasteiger partial charge < -0.3 is 9.64 Å². The molecule has 2 bridgehead atoms. The number of ether oxygens (including phenoxy) is 1. The van der Waals surface area contributed by atoms with E-state index in [-0.39, 0.29) is 6.10 Å². The monoisotopic (exact) mass is 356 g/mol. The Labute approximate surface area is 157 Å². The molecule has 0 aromatic heterocycles. The largest absolute Gasteiger partial charge is 0.489 e. The van der Waals surface area contributed by atoms with Crippen molar-refractivity contribution < 1.29 is 9.53 Å². The van der Waals surface area contributed by atoms with Crippen LogP contribution in [-0.2, 0) is 11.3 Å². The summed E-state index contributed by atoms with van der Waals surface area (Å²) in [4.78, 5) is 17.6. The van der Waals surface area contributed by atoms with Crippen molar-refractivity contribution in [3.8, 4) is 5.75 Å². The first kappa shape index (κ1) is 17.8. The van der Waals surface area contributed by atoms with E-state index in [2.05, 4.69) is 34.9 Å². The maximum Gasteiger partial charge on any atom is 0.237 e. The molecule has 142 valence electrons. The number of carbonyl (C=O) groups is 1. The summed E-state index contributed by atoms with van der Waals surface area (Å²) in [5.41, 5.74) is 1.21. The van der Waals surface area contributed by atoms with Gasteiger partial charge in [0.15, 0.2) is 0 Å². The van der Waals surface area contributed by atoms with Crippen LogP contribution < -0.4 is 4.74 Å². The van der Waals surface area contributed by atoms with E-state index in [1.807, 2.05) is 6.07 Å². The summed E-state index contributed by atoms with van der Waals surface area (Å²) in [5, 5.41) is 0. The first-order valence-corrected chi connectivity index (χ1v) is 10.5. The van der Waals surface area contributed by atoms with E-state index in [0.29, 0.717) is 18.5 Å². The third-order valence-corrected chi connectivity index (χ3v) is 6.33. The van der Waals surface area contributed by atoms with Crippen molar-refractivity contribution in [1.29, 1.82) is 0 Å². The van der Waals surface area contributed by atoms with Gasteiger partial charge in [0.05, 0.1) is 6.54 Å². The van der Waals surface area contributed by atoms with Crippen molar-refractivity contribution in [2.45, 2.75) is 70.6 Å². The predicted octanol–water partition coefficient (Wildman–Crippen LogP) is 3.84. The van der Waals surface area contributed by atoms with Crippen molar-refractivity contribution in [3.05, 3.63) is 29.8 Å². The van der Waals surface area contributed by atoms with Crippen LogP contribution in [0.2, 0.25) is 0 Å². The number of fused-ring (bicyclic) bond motifs is 3. The molecule has 1 saturated heterocycles. The smallest absolute Gasteiger partial charge is 0.237 e. The topological polar surface area (TPSA) is 32.8 Å². The number of rotatable bonds is 5. The molecular weight excluding hydrogens is 324 g/mol. The van der Waals surface area contributed by atoms with Crippen molar-refractivity contribution in [1.82, 2.24) is 9.80 Å². The van der Waals surface area contributed by atoms with E-state index in [4.69, 9.17) is 4.74 Å². The lowest BCUT2D eigenvalue weighted by Crippen LogP contribution is -2.44. The molecule has 2 fully saturated rings. The lowest BCUT2D eigenvalue weighted by atomic mass is 9.90. The van der Waals surface area contributed by atoms with Crippen LogP contribution in [-0.4, -0.2) is 47.5 Å². The zero-order valence-electron chi connectivity index (χ0n) is 16.0. The number of unbranched alkanes of at least 4 members (excludes halogenated alkanes) is 1. The van der Waals surface area contributed by atoms with Crippen LogP contribution in [0.25, 0.3) is 0 Å². The Kier molecular flexibility index (Phi) is 5.49. The van der Waals surface area contributed by atoms with Crippen LogP contribution in [0.1, 0.15) is 57.4 Å². The highest BCUT2D eigenvalue weighted by atomic mass is 16.5. The molecule has 0 N–H and O–H groups in total. The fraction of sp³-hybridized carbons (Fsp3) is 0.682. The van der Waals surface area contributed by atoms with E-state index >= 15 is 0 Å². The quantitative estimate of drug-likeness (QED) is 0.803. The Hall–Kier alpha value is -1.55. The molecule has 4 heteroatoms. The zero-order valence-corrected chi connectivity index (χ0v) is 16.0. The minimum atomic E-state index is 0.184. The van der Waals surface area contributed by atoms with Crippen molar-refractivity contribution >= 4 is 5.91 Å². The van der Waals surface area contributed by atoms with Crippen molar-refractivity contribution in [2.24, 2.45) is 5.92 Å². The standard InChI is InChI=1S/C22H32N2O2/c1-2-3-10-20-15-23(14-18-8-4-5-11-21(18)26-20)16-22(25)24-13-17-7-6-9-19(24)12-17/h4-5,8,11,17,19-20H,2-3,6-7,9-10,12-16H2,1H3. The number of likely N-dealkylation sites (tertiary alicyclic amines) is 1. The van der Waals surface area contributed by atoms with Crippen LogP contribution in [0.5, 0.6) is 5.75 Å². The van der Waals surface area contributed by atoms with E-state index in [9.17, 15) is 4.79 Å². The summed E-state index contributed by atoms with van der Waals surface area (Å²) >= 11 is 0. The fourth-order valence-electron chi connectivity index (χ4n) is 4.99. The Morgan fingerprint density at radius 3 is 2.96 bits per heavy atom. The average molecular weight is 357 g/mol. The van der Waals surface area contributed by atoms with E-state index in [0.717, 1.165) is 37.7 Å². The molecule has 1 aliphatic carbocycles. The molecule has 4 nitrogen and oxygen atoms in total. The number of hydrogen-bond acceptors (Lipinski definition) is 3. The molecule has 2 heterocycles. The summed E-state index contributed by atoms with van der Waals surface area (Å²) < 4.78 is 6.30. The molecule has 3 aliphatic rings. The zero-order chi connectivity index (χ0) is 17.9. The summed E-state index contributed by atoms with van der Waals surface area (Å²) in [6.07, 6.45) is 8.63. The van der Waals surface area contributed by atoms with Crippen molar-refractivity contribution in [3.63, 3.8) is 0 Å².